The molecular formula is C31H32ClNO6. The van der Waals surface area contributed by atoms with Gasteiger partial charge in [0.2, 0.25) is 0 Å². The molecule has 1 aliphatic heterocycles. The van der Waals surface area contributed by atoms with Gasteiger partial charge in [0.05, 0.1) is 43.0 Å². The van der Waals surface area contributed by atoms with Crippen LogP contribution >= 0.6 is 11.6 Å². The monoisotopic (exact) mass is 549 g/mol. The van der Waals surface area contributed by atoms with E-state index in [1.54, 1.807) is 0 Å². The average Bonchev–Trinajstić information content (AvgIpc) is 3.13. The van der Waals surface area contributed by atoms with Crippen LogP contribution in [0.15, 0.2) is 66.2 Å². The number of methoxy groups -OCH3 is 2. The minimum Gasteiger partial charge on any atom is -0.507 e. The minimum absolute atomic E-state index is 0.0562. The van der Waals surface area contributed by atoms with Gasteiger partial charge < -0.3 is 24.2 Å². The van der Waals surface area contributed by atoms with E-state index in [9.17, 15) is 14.7 Å². The highest BCUT2D eigenvalue weighted by Gasteiger charge is 2.46. The summed E-state index contributed by atoms with van der Waals surface area (Å²) in [5.41, 5.74) is 2.01. The van der Waals surface area contributed by atoms with Gasteiger partial charge in [0, 0.05) is 11.6 Å². The van der Waals surface area contributed by atoms with Crippen LogP contribution < -0.4 is 14.2 Å². The average molecular weight is 550 g/mol. The minimum atomic E-state index is -0.863. The summed E-state index contributed by atoms with van der Waals surface area (Å²) >= 11 is 6.36. The van der Waals surface area contributed by atoms with Crippen molar-refractivity contribution in [2.75, 3.05) is 14.2 Å². The smallest absolute Gasteiger partial charge is 0.295 e. The Morgan fingerprint density at radius 3 is 2.28 bits per heavy atom. The number of likely N-dealkylation sites (tertiary alicyclic amines) is 1. The predicted octanol–water partition coefficient (Wildman–Crippen LogP) is 6.46. The molecule has 4 rings (SSSR count). The third-order valence-corrected chi connectivity index (χ3v) is 6.65. The van der Waals surface area contributed by atoms with Crippen molar-refractivity contribution in [3.05, 3.63) is 93.5 Å². The molecular weight excluding hydrogens is 518 g/mol. The molecule has 1 saturated heterocycles. The lowest BCUT2D eigenvalue weighted by molar-refractivity contribution is -0.140. The molecule has 0 aliphatic carbocycles. The Morgan fingerprint density at radius 2 is 1.64 bits per heavy atom. The van der Waals surface area contributed by atoms with E-state index >= 15 is 0 Å². The molecule has 0 radical (unpaired) electrons. The van der Waals surface area contributed by atoms with E-state index in [2.05, 4.69) is 0 Å². The van der Waals surface area contributed by atoms with Crippen LogP contribution in [0, 0.1) is 6.92 Å². The maximum absolute atomic E-state index is 13.6. The van der Waals surface area contributed by atoms with Crippen LogP contribution in [0.2, 0.25) is 5.02 Å². The molecule has 3 aromatic carbocycles. The molecule has 3 aromatic rings. The van der Waals surface area contributed by atoms with Gasteiger partial charge in [-0.05, 0) is 45.4 Å². The Morgan fingerprint density at radius 1 is 0.949 bits per heavy atom. The predicted molar refractivity (Wildman–Crippen MR) is 150 cm³/mol. The maximum Gasteiger partial charge on any atom is 0.295 e. The van der Waals surface area contributed by atoms with Crippen LogP contribution in [0.25, 0.3) is 5.76 Å². The topological polar surface area (TPSA) is 85.3 Å². The first kappa shape index (κ1) is 28.0. The number of carbonyl (C=O) groups excluding carboxylic acids is 2. The number of ether oxygens (including phenoxy) is 3. The number of aryl methyl sites for hydroxylation is 1. The summed E-state index contributed by atoms with van der Waals surface area (Å²) in [5.74, 6) is -0.723. The Bertz CT molecular complexity index is 1460. The normalized spacial score (nSPS) is 16.9. The molecule has 204 valence electrons. The van der Waals surface area contributed by atoms with E-state index in [-0.39, 0.29) is 34.2 Å². The van der Waals surface area contributed by atoms with Crippen LogP contribution in [0.4, 0.5) is 0 Å². The van der Waals surface area contributed by atoms with Crippen LogP contribution in [0.3, 0.4) is 0 Å². The van der Waals surface area contributed by atoms with Crippen LogP contribution in [-0.2, 0) is 16.1 Å². The highest BCUT2D eigenvalue weighted by Crippen LogP contribution is 2.44. The van der Waals surface area contributed by atoms with Crippen molar-refractivity contribution >= 4 is 29.1 Å². The second-order valence-electron chi connectivity index (χ2n) is 10.4. The third kappa shape index (κ3) is 5.73. The molecule has 0 spiro atoms. The fraction of sp³-hybridized carbons (Fsp3) is 0.290. The van der Waals surface area contributed by atoms with Gasteiger partial charge in [0.25, 0.3) is 11.7 Å². The zero-order valence-corrected chi connectivity index (χ0v) is 23.6. The number of Topliss-reactive ketones (excluding diaryl/α,β-unsaturated/α-hetero) is 1. The highest BCUT2D eigenvalue weighted by atomic mass is 35.5. The summed E-state index contributed by atoms with van der Waals surface area (Å²) in [4.78, 5) is 28.6. The summed E-state index contributed by atoms with van der Waals surface area (Å²) in [5, 5.41) is 11.8. The maximum atomic E-state index is 13.6. The second kappa shape index (κ2) is 11.0. The zero-order valence-electron chi connectivity index (χ0n) is 22.9. The van der Waals surface area contributed by atoms with Gasteiger partial charge in [-0.1, -0.05) is 59.6 Å². The molecule has 0 saturated carbocycles. The number of halogens is 1. The van der Waals surface area contributed by atoms with E-state index < -0.39 is 23.3 Å². The van der Waals surface area contributed by atoms with Crippen molar-refractivity contribution in [3.63, 3.8) is 0 Å². The van der Waals surface area contributed by atoms with Gasteiger partial charge in [-0.2, -0.15) is 0 Å². The lowest BCUT2D eigenvalue weighted by Gasteiger charge is -2.28. The van der Waals surface area contributed by atoms with Crippen LogP contribution in [0.1, 0.15) is 49.1 Å². The van der Waals surface area contributed by atoms with Crippen molar-refractivity contribution in [2.24, 2.45) is 0 Å². The lowest BCUT2D eigenvalue weighted by atomic mass is 9.94. The first-order chi connectivity index (χ1) is 18.4. The number of rotatable bonds is 7. The largest absolute Gasteiger partial charge is 0.507 e. The van der Waals surface area contributed by atoms with Crippen LogP contribution in [0.5, 0.6) is 17.2 Å². The number of aliphatic hydroxyl groups is 1. The molecule has 0 bridgehead atoms. The van der Waals surface area contributed by atoms with E-state index in [4.69, 9.17) is 25.8 Å². The number of ketones is 1. The fourth-order valence-corrected chi connectivity index (χ4v) is 4.91. The molecule has 1 amide bonds. The van der Waals surface area contributed by atoms with Gasteiger partial charge in [0.1, 0.15) is 28.6 Å². The van der Waals surface area contributed by atoms with Crippen molar-refractivity contribution in [1.82, 2.24) is 4.90 Å². The SMILES string of the molecule is COc1cc(OC)c(/C(O)=C2\C(=O)C(=O)N(Cc3ccccc3OC(C)(C)C)C2c2cccc(C)c2)cc1Cl. The lowest BCUT2D eigenvalue weighted by Crippen LogP contribution is -2.30. The molecule has 1 aliphatic rings. The molecule has 1 heterocycles. The molecule has 1 unspecified atom stereocenters. The summed E-state index contributed by atoms with van der Waals surface area (Å²) < 4.78 is 16.9. The molecule has 8 heteroatoms. The molecule has 7 nitrogen and oxygen atoms in total. The number of benzene rings is 3. The van der Waals surface area contributed by atoms with Crippen molar-refractivity contribution in [1.29, 1.82) is 0 Å². The Labute approximate surface area is 233 Å². The summed E-state index contributed by atoms with van der Waals surface area (Å²) in [6, 6.07) is 17.0. The number of hydrogen-bond donors (Lipinski definition) is 1. The summed E-state index contributed by atoms with van der Waals surface area (Å²) in [7, 11) is 2.90. The Balaban J connectivity index is 1.91. The number of hydrogen-bond acceptors (Lipinski definition) is 6. The Kier molecular flexibility index (Phi) is 7.93. The number of para-hydroxylation sites is 1. The zero-order chi connectivity index (χ0) is 28.5. The summed E-state index contributed by atoms with van der Waals surface area (Å²) in [6.07, 6.45) is 0. The van der Waals surface area contributed by atoms with Crippen molar-refractivity contribution in [2.45, 2.75) is 45.9 Å². The second-order valence-corrected chi connectivity index (χ2v) is 10.8. The van der Waals surface area contributed by atoms with E-state index in [0.717, 1.165) is 11.1 Å². The Hall–Kier alpha value is -3.97. The van der Waals surface area contributed by atoms with Crippen molar-refractivity contribution < 1.29 is 28.9 Å². The first-order valence-corrected chi connectivity index (χ1v) is 12.9. The fourth-order valence-electron chi connectivity index (χ4n) is 4.67. The quantitative estimate of drug-likeness (QED) is 0.207. The molecule has 1 N–H and O–H groups in total. The standard InChI is InChI=1S/C31H32ClNO6/c1-18-10-9-12-19(14-18)27-26(28(34)21-15-22(32)25(38-6)16-24(21)37-5)29(35)30(36)33(27)17-20-11-7-8-13-23(20)39-31(2,3)4/h7-16,27,34H,17H2,1-6H3/b28-26+. The molecule has 39 heavy (non-hydrogen) atoms. The van der Waals surface area contributed by atoms with Gasteiger partial charge >= 0.3 is 0 Å². The molecule has 0 aromatic heterocycles. The van der Waals surface area contributed by atoms with Gasteiger partial charge in [-0.3, -0.25) is 9.59 Å². The third-order valence-electron chi connectivity index (χ3n) is 6.36. The number of nitrogens with zero attached hydrogens (tertiary/aromatic N) is 1. The van der Waals surface area contributed by atoms with Crippen LogP contribution in [-0.4, -0.2) is 41.5 Å². The van der Waals surface area contributed by atoms with Gasteiger partial charge in [-0.15, -0.1) is 0 Å². The highest BCUT2D eigenvalue weighted by molar-refractivity contribution is 6.46. The number of amides is 1. The van der Waals surface area contributed by atoms with Crippen molar-refractivity contribution in [3.8, 4) is 17.2 Å². The molecule has 1 fully saturated rings. The van der Waals surface area contributed by atoms with Gasteiger partial charge in [0.15, 0.2) is 0 Å². The number of carbonyl (C=O) groups is 2. The molecule has 1 atom stereocenters. The van der Waals surface area contributed by atoms with E-state index in [1.807, 2.05) is 76.2 Å². The van der Waals surface area contributed by atoms with E-state index in [0.29, 0.717) is 17.1 Å². The summed E-state index contributed by atoms with van der Waals surface area (Å²) in [6.45, 7) is 7.84. The first-order valence-electron chi connectivity index (χ1n) is 12.5. The number of aliphatic hydroxyl groups excluding tert-OH is 1. The van der Waals surface area contributed by atoms with Gasteiger partial charge in [-0.25, -0.2) is 0 Å². The van der Waals surface area contributed by atoms with E-state index in [1.165, 1.54) is 31.3 Å².